The van der Waals surface area contributed by atoms with E-state index in [-0.39, 0.29) is 17.7 Å². The number of fused-ring (bicyclic) bond motifs is 3. The van der Waals surface area contributed by atoms with Crippen LogP contribution in [0.5, 0.6) is 5.75 Å². The minimum Gasteiger partial charge on any atom is -0.490 e. The lowest BCUT2D eigenvalue weighted by molar-refractivity contribution is -0.0381. The first kappa shape index (κ1) is 19.5. The molecule has 9 heteroatoms. The van der Waals surface area contributed by atoms with Crippen molar-refractivity contribution < 1.29 is 31.4 Å². The van der Waals surface area contributed by atoms with E-state index in [2.05, 4.69) is 0 Å². The maximum atomic E-state index is 15.0. The van der Waals surface area contributed by atoms with Crippen molar-refractivity contribution in [2.24, 2.45) is 5.92 Å². The van der Waals surface area contributed by atoms with Gasteiger partial charge in [-0.15, -0.1) is 0 Å². The number of aliphatic hydroxyl groups is 1. The maximum Gasteiger partial charge on any atom is 0.188 e. The second-order valence-corrected chi connectivity index (χ2v) is 9.69. The second kappa shape index (κ2) is 6.64. The minimum atomic E-state index is -4.41. The highest BCUT2D eigenvalue weighted by molar-refractivity contribution is 7.92. The number of ether oxygens (including phenoxy) is 1. The van der Waals surface area contributed by atoms with Gasteiger partial charge in [0.2, 0.25) is 0 Å². The summed E-state index contributed by atoms with van der Waals surface area (Å²) in [7, 11) is -4.41. The van der Waals surface area contributed by atoms with Crippen molar-refractivity contribution in [3.8, 4) is 5.75 Å². The van der Waals surface area contributed by atoms with Gasteiger partial charge in [0.25, 0.3) is 0 Å². The van der Waals surface area contributed by atoms with Gasteiger partial charge in [-0.1, -0.05) is 11.6 Å². The summed E-state index contributed by atoms with van der Waals surface area (Å²) in [5.41, 5.74) is -0.520. The average molecular weight is 433 g/mol. The molecule has 1 N–H and O–H groups in total. The highest BCUT2D eigenvalue weighted by Gasteiger charge is 2.63. The molecule has 0 radical (unpaired) electrons. The Hall–Kier alpha value is -1.77. The Morgan fingerprint density at radius 2 is 1.75 bits per heavy atom. The summed E-state index contributed by atoms with van der Waals surface area (Å²) in [6, 6.07) is 6.83. The van der Waals surface area contributed by atoms with Crippen molar-refractivity contribution in [1.82, 2.24) is 0 Å². The number of rotatable bonds is 2. The Morgan fingerprint density at radius 1 is 1.11 bits per heavy atom. The molecule has 1 saturated carbocycles. The van der Waals surface area contributed by atoms with E-state index in [0.717, 1.165) is 12.1 Å². The van der Waals surface area contributed by atoms with Crippen LogP contribution in [0.1, 0.15) is 18.4 Å². The molecule has 0 spiro atoms. The van der Waals surface area contributed by atoms with Crippen LogP contribution in [-0.4, -0.2) is 32.4 Å². The van der Waals surface area contributed by atoms with E-state index in [1.807, 2.05) is 0 Å². The number of benzene rings is 2. The highest BCUT2D eigenvalue weighted by Crippen LogP contribution is 2.57. The van der Waals surface area contributed by atoms with Crippen molar-refractivity contribution in [2.75, 3.05) is 6.61 Å². The minimum absolute atomic E-state index is 0.193. The fraction of sp³-hybridized carbons (Fsp3) is 0.368. The van der Waals surface area contributed by atoms with Gasteiger partial charge in [-0.3, -0.25) is 0 Å². The van der Waals surface area contributed by atoms with Crippen LogP contribution in [0.4, 0.5) is 13.2 Å². The number of aliphatic hydroxyl groups excluding tert-OH is 1. The van der Waals surface area contributed by atoms with Crippen LogP contribution >= 0.6 is 11.6 Å². The molecule has 0 amide bonds. The van der Waals surface area contributed by atoms with E-state index in [4.69, 9.17) is 16.3 Å². The maximum absolute atomic E-state index is 15.0. The van der Waals surface area contributed by atoms with Crippen LogP contribution in [0, 0.1) is 17.6 Å². The quantitative estimate of drug-likeness (QED) is 0.784. The van der Waals surface area contributed by atoms with E-state index in [1.54, 1.807) is 0 Å². The molecule has 2 aromatic carbocycles. The molecule has 0 saturated heterocycles. The predicted molar refractivity (Wildman–Crippen MR) is 95.8 cm³/mol. The zero-order valence-corrected chi connectivity index (χ0v) is 16.0. The molecular weight excluding hydrogens is 417 g/mol. The van der Waals surface area contributed by atoms with Gasteiger partial charge < -0.3 is 9.84 Å². The van der Waals surface area contributed by atoms with E-state index >= 15 is 0 Å². The summed E-state index contributed by atoms with van der Waals surface area (Å²) in [4.78, 5) is -0.193. The Kier molecular flexibility index (Phi) is 4.63. The van der Waals surface area contributed by atoms with Gasteiger partial charge >= 0.3 is 0 Å². The van der Waals surface area contributed by atoms with Gasteiger partial charge in [0.15, 0.2) is 21.4 Å². The summed E-state index contributed by atoms with van der Waals surface area (Å²) in [5.74, 6) is -3.86. The lowest BCUT2D eigenvalue weighted by atomic mass is 9.71. The fourth-order valence-electron chi connectivity index (χ4n) is 4.30. The third-order valence-electron chi connectivity index (χ3n) is 5.66. The highest BCUT2D eigenvalue weighted by atomic mass is 35.5. The lowest BCUT2D eigenvalue weighted by Crippen LogP contribution is -2.58. The largest absolute Gasteiger partial charge is 0.490 e. The smallest absolute Gasteiger partial charge is 0.188 e. The van der Waals surface area contributed by atoms with E-state index in [1.165, 1.54) is 24.3 Å². The predicted octanol–water partition coefficient (Wildman–Crippen LogP) is 3.79. The number of halogens is 4. The van der Waals surface area contributed by atoms with Gasteiger partial charge in [0.05, 0.1) is 29.1 Å². The van der Waals surface area contributed by atoms with Gasteiger partial charge in [-0.05, 0) is 49.2 Å². The second-order valence-electron chi connectivity index (χ2n) is 7.05. The number of sulfone groups is 1. The molecule has 1 aliphatic heterocycles. The standard InChI is InChI=1S/C19H16ClF3O4S/c20-10-1-3-11(4-2-10)28(25,26)19-8-7-15(24)17(23)12(19)9-27-18-14(22)6-5-13(21)16(18)19/h1-6,12,15,17,24H,7-9H2/t12-,15+,17-,19-/m0/s1. The first-order chi connectivity index (χ1) is 13.2. The summed E-state index contributed by atoms with van der Waals surface area (Å²) in [6.45, 7) is -0.502. The molecule has 4 rings (SSSR count). The molecule has 1 aliphatic carbocycles. The fourth-order valence-corrected chi connectivity index (χ4v) is 6.79. The monoisotopic (exact) mass is 432 g/mol. The zero-order valence-electron chi connectivity index (χ0n) is 14.4. The normalized spacial score (nSPS) is 29.5. The Balaban J connectivity index is 2.04. The van der Waals surface area contributed by atoms with Crippen LogP contribution in [0.25, 0.3) is 0 Å². The SMILES string of the molecule is O=S(=O)(c1ccc(Cl)cc1)[C@@]12CC[C@@H](O)[C@@H](F)[C@@H]1COc1c(F)ccc(F)c12. The summed E-state index contributed by atoms with van der Waals surface area (Å²) >= 11 is 5.84. The molecule has 1 heterocycles. The Morgan fingerprint density at radius 3 is 2.43 bits per heavy atom. The third-order valence-corrected chi connectivity index (χ3v) is 8.47. The molecule has 2 aliphatic rings. The molecule has 1 fully saturated rings. The van der Waals surface area contributed by atoms with Gasteiger partial charge in [-0.2, -0.15) is 0 Å². The molecular formula is C19H16ClF3O4S. The average Bonchev–Trinajstić information content (AvgIpc) is 2.67. The Labute approximate surface area is 164 Å². The molecule has 2 aromatic rings. The first-order valence-corrected chi connectivity index (χ1v) is 10.5. The lowest BCUT2D eigenvalue weighted by Gasteiger charge is -2.49. The third kappa shape index (κ3) is 2.58. The van der Waals surface area contributed by atoms with Crippen molar-refractivity contribution in [3.05, 3.63) is 58.6 Å². The molecule has 150 valence electrons. The molecule has 0 unspecified atom stereocenters. The summed E-state index contributed by atoms with van der Waals surface area (Å²) in [6.07, 6.45) is -3.90. The van der Waals surface area contributed by atoms with E-state index in [0.29, 0.717) is 5.02 Å². The first-order valence-electron chi connectivity index (χ1n) is 8.64. The van der Waals surface area contributed by atoms with Crippen LogP contribution in [0.2, 0.25) is 5.02 Å². The summed E-state index contributed by atoms with van der Waals surface area (Å²) < 4.78 is 74.7. The zero-order chi connectivity index (χ0) is 20.3. The van der Waals surface area contributed by atoms with Crippen molar-refractivity contribution >= 4 is 21.4 Å². The molecule has 0 aromatic heterocycles. The van der Waals surface area contributed by atoms with Crippen molar-refractivity contribution in [2.45, 2.75) is 34.8 Å². The van der Waals surface area contributed by atoms with Crippen LogP contribution in [0.15, 0.2) is 41.3 Å². The van der Waals surface area contributed by atoms with E-state index in [9.17, 15) is 26.7 Å². The Bertz CT molecular complexity index is 1030. The number of hydrogen-bond acceptors (Lipinski definition) is 4. The van der Waals surface area contributed by atoms with Gasteiger partial charge in [0, 0.05) is 5.02 Å². The molecule has 0 bridgehead atoms. The van der Waals surface area contributed by atoms with Gasteiger partial charge in [-0.25, -0.2) is 21.6 Å². The van der Waals surface area contributed by atoms with Gasteiger partial charge in [0.1, 0.15) is 16.7 Å². The number of alkyl halides is 1. The van der Waals surface area contributed by atoms with Crippen LogP contribution in [0.3, 0.4) is 0 Å². The van der Waals surface area contributed by atoms with E-state index < -0.39 is 62.3 Å². The van der Waals surface area contributed by atoms with Crippen LogP contribution < -0.4 is 4.74 Å². The molecule has 28 heavy (non-hydrogen) atoms. The topological polar surface area (TPSA) is 63.6 Å². The summed E-state index contributed by atoms with van der Waals surface area (Å²) in [5, 5.41) is 10.3. The van der Waals surface area contributed by atoms with Crippen molar-refractivity contribution in [1.29, 1.82) is 0 Å². The van der Waals surface area contributed by atoms with Crippen molar-refractivity contribution in [3.63, 3.8) is 0 Å². The van der Waals surface area contributed by atoms with Crippen LogP contribution in [-0.2, 0) is 14.6 Å². The molecule has 4 atom stereocenters. The number of hydrogen-bond donors (Lipinski definition) is 1. The molecule has 4 nitrogen and oxygen atoms in total.